The minimum absolute atomic E-state index is 0.0334. The van der Waals surface area contributed by atoms with Crippen LogP contribution in [-0.2, 0) is 17.6 Å². The summed E-state index contributed by atoms with van der Waals surface area (Å²) in [6.45, 7) is -5.42. The fourth-order valence-electron chi connectivity index (χ4n) is 2.79. The van der Waals surface area contributed by atoms with Gasteiger partial charge in [0.25, 0.3) is 5.91 Å². The zero-order valence-electron chi connectivity index (χ0n) is 14.6. The Kier molecular flexibility index (Phi) is 7.27. The number of carbonyl (C=O) groups excluding carboxylic acids is 1. The Labute approximate surface area is 151 Å². The maximum atomic E-state index is 13.3. The molecule has 0 aliphatic carbocycles. The number of quaternary nitrogens is 1. The van der Waals surface area contributed by atoms with E-state index in [4.69, 9.17) is 0 Å². The van der Waals surface area contributed by atoms with Crippen molar-refractivity contribution in [2.45, 2.75) is 31.1 Å². The first-order chi connectivity index (χ1) is 12.4. The van der Waals surface area contributed by atoms with Gasteiger partial charge >= 0.3 is 6.98 Å². The van der Waals surface area contributed by atoms with Crippen LogP contribution in [0.1, 0.15) is 17.5 Å². The average molecular weight is 364 g/mol. The van der Waals surface area contributed by atoms with Crippen LogP contribution in [0.15, 0.2) is 60.7 Å². The predicted octanol–water partition coefficient (Wildman–Crippen LogP) is 2.81. The molecule has 1 amide bonds. The van der Waals surface area contributed by atoms with Gasteiger partial charge < -0.3 is 24.0 Å². The smallest absolute Gasteiger partial charge is 0.449 e. The van der Waals surface area contributed by atoms with Gasteiger partial charge in [-0.05, 0) is 24.1 Å². The summed E-state index contributed by atoms with van der Waals surface area (Å²) in [5.41, 5.74) is 5.58. The molecule has 7 heteroatoms. The summed E-state index contributed by atoms with van der Waals surface area (Å²) in [5.74, 6) is -1.96. The van der Waals surface area contributed by atoms with Crippen LogP contribution in [0.3, 0.4) is 0 Å². The fourth-order valence-corrected chi connectivity index (χ4v) is 2.79. The van der Waals surface area contributed by atoms with Gasteiger partial charge in [0.2, 0.25) is 0 Å². The van der Waals surface area contributed by atoms with Crippen molar-refractivity contribution < 1.29 is 23.5 Å². The van der Waals surface area contributed by atoms with Crippen LogP contribution < -0.4 is 11.1 Å². The third-order valence-electron chi connectivity index (χ3n) is 4.42. The summed E-state index contributed by atoms with van der Waals surface area (Å²) in [5, 5.41) is 2.44. The van der Waals surface area contributed by atoms with E-state index in [-0.39, 0.29) is 6.42 Å². The van der Waals surface area contributed by atoms with E-state index >= 15 is 0 Å². The summed E-state index contributed by atoms with van der Waals surface area (Å²) < 4.78 is 40.0. The van der Waals surface area contributed by atoms with Crippen LogP contribution in [0, 0.1) is 0 Å². The van der Waals surface area contributed by atoms with Gasteiger partial charge in [-0.1, -0.05) is 72.9 Å². The molecular weight excluding hydrogens is 340 g/mol. The molecular formula is C19H24BF3N2O. The highest BCUT2D eigenvalue weighted by molar-refractivity contribution is 6.60. The summed E-state index contributed by atoms with van der Waals surface area (Å²) in [6, 6.07) is 17.8. The first-order valence-corrected chi connectivity index (χ1v) is 8.75. The van der Waals surface area contributed by atoms with Gasteiger partial charge in [-0.25, -0.2) is 0 Å². The zero-order chi connectivity index (χ0) is 19.0. The van der Waals surface area contributed by atoms with Crippen LogP contribution in [-0.4, -0.2) is 25.5 Å². The number of hydrogen-bond donors (Lipinski definition) is 2. The monoisotopic (exact) mass is 364 g/mol. The molecule has 2 aromatic rings. The molecule has 2 atom stereocenters. The molecule has 140 valence electrons. The lowest BCUT2D eigenvalue weighted by atomic mass is 9.69. The third-order valence-corrected chi connectivity index (χ3v) is 4.42. The lowest BCUT2D eigenvalue weighted by Gasteiger charge is -2.27. The molecule has 0 spiro atoms. The van der Waals surface area contributed by atoms with E-state index in [0.717, 1.165) is 11.1 Å². The maximum Gasteiger partial charge on any atom is 0.483 e. The highest BCUT2D eigenvalue weighted by Crippen LogP contribution is 2.30. The highest BCUT2D eigenvalue weighted by Gasteiger charge is 2.35. The Morgan fingerprint density at radius 2 is 1.50 bits per heavy atom. The van der Waals surface area contributed by atoms with E-state index in [2.05, 4.69) is 11.1 Å². The van der Waals surface area contributed by atoms with E-state index < -0.39 is 31.3 Å². The van der Waals surface area contributed by atoms with Gasteiger partial charge in [0.15, 0.2) is 6.04 Å². The summed E-state index contributed by atoms with van der Waals surface area (Å²) in [7, 11) is 0. The summed E-state index contributed by atoms with van der Waals surface area (Å²) in [6.07, 6.45) is 0.702. The van der Waals surface area contributed by atoms with Gasteiger partial charge in [0.1, 0.15) is 0 Å². The Morgan fingerprint density at radius 1 is 0.962 bits per heavy atom. The van der Waals surface area contributed by atoms with Crippen LogP contribution in [0.25, 0.3) is 0 Å². The topological polar surface area (TPSA) is 56.7 Å². The van der Waals surface area contributed by atoms with Crippen molar-refractivity contribution in [3.8, 4) is 0 Å². The highest BCUT2D eigenvalue weighted by atomic mass is 19.4. The first-order valence-electron chi connectivity index (χ1n) is 8.75. The van der Waals surface area contributed by atoms with Crippen molar-refractivity contribution in [3.63, 3.8) is 0 Å². The van der Waals surface area contributed by atoms with Crippen LogP contribution in [0.5, 0.6) is 0 Å². The van der Waals surface area contributed by atoms with Gasteiger partial charge in [-0.15, -0.1) is 0 Å². The molecule has 0 radical (unpaired) electrons. The van der Waals surface area contributed by atoms with Crippen molar-refractivity contribution in [2.24, 2.45) is 0 Å². The largest absolute Gasteiger partial charge is 0.483 e. The minimum atomic E-state index is -5.03. The molecule has 2 rings (SSSR count). The van der Waals surface area contributed by atoms with E-state index in [1.165, 1.54) is 0 Å². The third kappa shape index (κ3) is 6.56. The van der Waals surface area contributed by atoms with Crippen molar-refractivity contribution in [3.05, 3.63) is 71.8 Å². The predicted molar refractivity (Wildman–Crippen MR) is 97.4 cm³/mol. The molecule has 0 saturated carbocycles. The van der Waals surface area contributed by atoms with E-state index in [9.17, 15) is 17.7 Å². The number of benzene rings is 2. The molecule has 0 aliphatic heterocycles. The lowest BCUT2D eigenvalue weighted by molar-refractivity contribution is -0.403. The molecule has 3 nitrogen and oxygen atoms in total. The molecule has 26 heavy (non-hydrogen) atoms. The standard InChI is InChI=1S/C19H23BF3N2O/c21-20(22,23)17(12-11-15-7-3-1-4-8-15)14-25-19(26)18(24)13-16-9-5-2-6-10-16/h1-10,17-18H,11-14,24H2,(H,25,26)/q-1/p+1. The van der Waals surface area contributed by atoms with Crippen molar-refractivity contribution in [2.75, 3.05) is 6.54 Å². The Balaban J connectivity index is 1.86. The molecule has 0 fully saturated rings. The zero-order valence-corrected chi connectivity index (χ0v) is 14.6. The van der Waals surface area contributed by atoms with Crippen molar-refractivity contribution >= 4 is 12.9 Å². The molecule has 2 unspecified atom stereocenters. The quantitative estimate of drug-likeness (QED) is 0.661. The van der Waals surface area contributed by atoms with Crippen molar-refractivity contribution in [1.82, 2.24) is 5.32 Å². The first kappa shape index (κ1) is 20.0. The molecule has 0 saturated heterocycles. The Hall–Kier alpha value is -2.28. The minimum Gasteiger partial charge on any atom is -0.449 e. The van der Waals surface area contributed by atoms with E-state index in [1.807, 2.05) is 60.7 Å². The number of halogens is 3. The van der Waals surface area contributed by atoms with Crippen LogP contribution >= 0.6 is 0 Å². The lowest BCUT2D eigenvalue weighted by Crippen LogP contribution is -2.68. The number of amides is 1. The molecule has 0 aromatic heterocycles. The number of aryl methyl sites for hydroxylation is 1. The molecule has 0 bridgehead atoms. The normalized spacial score (nSPS) is 13.8. The van der Waals surface area contributed by atoms with E-state index in [1.54, 1.807) is 0 Å². The maximum absolute atomic E-state index is 13.3. The Morgan fingerprint density at radius 3 is 2.04 bits per heavy atom. The molecule has 0 aliphatic rings. The summed E-state index contributed by atoms with van der Waals surface area (Å²) in [4.78, 5) is 12.1. The molecule has 0 heterocycles. The number of rotatable bonds is 9. The van der Waals surface area contributed by atoms with Crippen LogP contribution in [0.4, 0.5) is 12.9 Å². The second-order valence-electron chi connectivity index (χ2n) is 6.54. The van der Waals surface area contributed by atoms with Crippen LogP contribution in [0.2, 0.25) is 5.82 Å². The number of carbonyl (C=O) groups is 1. The van der Waals surface area contributed by atoms with Gasteiger partial charge in [-0.3, -0.25) is 4.79 Å². The Bertz CT molecular complexity index is 680. The molecule has 4 N–H and O–H groups in total. The summed E-state index contributed by atoms with van der Waals surface area (Å²) >= 11 is 0. The number of nitrogens with one attached hydrogen (secondary N) is 1. The van der Waals surface area contributed by atoms with Gasteiger partial charge in [-0.2, -0.15) is 0 Å². The van der Waals surface area contributed by atoms with E-state index in [0.29, 0.717) is 12.8 Å². The number of hydrogen-bond acceptors (Lipinski definition) is 1. The fraction of sp³-hybridized carbons (Fsp3) is 0.316. The molecule has 2 aromatic carbocycles. The SMILES string of the molecule is [NH3+]C(Cc1ccccc1)C(=O)NCC(CCc1ccccc1)[B-](F)(F)F. The van der Waals surface area contributed by atoms with Crippen molar-refractivity contribution in [1.29, 1.82) is 0 Å². The second-order valence-corrected chi connectivity index (χ2v) is 6.54. The second kappa shape index (κ2) is 9.43. The average Bonchev–Trinajstić information content (AvgIpc) is 2.62. The van der Waals surface area contributed by atoms with Gasteiger partial charge in [0.05, 0.1) is 0 Å². The van der Waals surface area contributed by atoms with Gasteiger partial charge in [0, 0.05) is 6.42 Å².